The van der Waals surface area contributed by atoms with Crippen LogP contribution in [0, 0.1) is 0 Å². The predicted octanol–water partition coefficient (Wildman–Crippen LogP) is 5.94. The van der Waals surface area contributed by atoms with E-state index in [1.165, 1.54) is 6.07 Å². The SMILES string of the molecule is CCC(c1nc2ccccc2c(=O)n1-c1ccc(OC)cc1)N(CCOC)C(=O)c1ccc(Cl)cc1Cl. The number of amides is 1. The van der Waals surface area contributed by atoms with Gasteiger partial charge in [0.15, 0.2) is 0 Å². The van der Waals surface area contributed by atoms with Gasteiger partial charge in [-0.15, -0.1) is 0 Å². The molecule has 0 radical (unpaired) electrons. The van der Waals surface area contributed by atoms with Gasteiger partial charge in [-0.2, -0.15) is 0 Å². The van der Waals surface area contributed by atoms with Gasteiger partial charge in [0.05, 0.1) is 46.9 Å². The van der Waals surface area contributed by atoms with E-state index in [0.29, 0.717) is 45.2 Å². The van der Waals surface area contributed by atoms with Gasteiger partial charge in [-0.05, 0) is 61.0 Å². The molecule has 0 saturated carbocycles. The van der Waals surface area contributed by atoms with Gasteiger partial charge in [0.2, 0.25) is 0 Å². The van der Waals surface area contributed by atoms with Gasteiger partial charge in [-0.1, -0.05) is 42.3 Å². The summed E-state index contributed by atoms with van der Waals surface area (Å²) in [6, 6.07) is 18.5. The molecule has 0 N–H and O–H groups in total. The molecule has 9 heteroatoms. The monoisotopic (exact) mass is 539 g/mol. The summed E-state index contributed by atoms with van der Waals surface area (Å²) in [4.78, 5) is 34.2. The molecule has 0 spiro atoms. The third-order valence-corrected chi connectivity index (χ3v) is 6.70. The molecule has 0 fully saturated rings. The number of para-hydroxylation sites is 1. The molecule has 1 atom stereocenters. The van der Waals surface area contributed by atoms with Crippen molar-refractivity contribution in [2.75, 3.05) is 27.4 Å². The molecule has 192 valence electrons. The van der Waals surface area contributed by atoms with Crippen molar-refractivity contribution in [3.63, 3.8) is 0 Å². The van der Waals surface area contributed by atoms with E-state index < -0.39 is 6.04 Å². The normalized spacial score (nSPS) is 11.9. The minimum absolute atomic E-state index is 0.229. The lowest BCUT2D eigenvalue weighted by Crippen LogP contribution is -2.40. The van der Waals surface area contributed by atoms with E-state index in [-0.39, 0.29) is 29.6 Å². The van der Waals surface area contributed by atoms with E-state index in [9.17, 15) is 9.59 Å². The quantitative estimate of drug-likeness (QED) is 0.263. The molecule has 0 aliphatic rings. The number of methoxy groups -OCH3 is 2. The van der Waals surface area contributed by atoms with Gasteiger partial charge in [-0.25, -0.2) is 4.98 Å². The molecule has 37 heavy (non-hydrogen) atoms. The predicted molar refractivity (Wildman–Crippen MR) is 146 cm³/mol. The van der Waals surface area contributed by atoms with Crippen molar-refractivity contribution in [3.8, 4) is 11.4 Å². The Morgan fingerprint density at radius 3 is 2.43 bits per heavy atom. The summed E-state index contributed by atoms with van der Waals surface area (Å²) in [6.07, 6.45) is 0.488. The first-order valence-corrected chi connectivity index (χ1v) is 12.6. The summed E-state index contributed by atoms with van der Waals surface area (Å²) >= 11 is 12.5. The minimum atomic E-state index is -0.561. The van der Waals surface area contributed by atoms with Crippen molar-refractivity contribution in [1.82, 2.24) is 14.5 Å². The van der Waals surface area contributed by atoms with E-state index in [1.54, 1.807) is 78.3 Å². The maximum Gasteiger partial charge on any atom is 0.266 e. The highest BCUT2D eigenvalue weighted by atomic mass is 35.5. The molecular formula is C28H27Cl2N3O4. The molecule has 4 aromatic rings. The number of rotatable bonds is 9. The van der Waals surface area contributed by atoms with E-state index in [1.807, 2.05) is 13.0 Å². The van der Waals surface area contributed by atoms with Gasteiger partial charge in [0.25, 0.3) is 11.5 Å². The number of benzene rings is 3. The number of hydrogen-bond donors (Lipinski definition) is 0. The van der Waals surface area contributed by atoms with Crippen LogP contribution in [0.3, 0.4) is 0 Å². The Kier molecular flexibility index (Phi) is 8.48. The van der Waals surface area contributed by atoms with Gasteiger partial charge >= 0.3 is 0 Å². The first kappa shape index (κ1) is 26.7. The largest absolute Gasteiger partial charge is 0.497 e. The van der Waals surface area contributed by atoms with E-state index >= 15 is 0 Å². The van der Waals surface area contributed by atoms with Crippen LogP contribution in [0.2, 0.25) is 10.0 Å². The number of nitrogens with zero attached hydrogens (tertiary/aromatic N) is 3. The Labute approximate surface area is 225 Å². The summed E-state index contributed by atoms with van der Waals surface area (Å²) in [6.45, 7) is 2.49. The maximum atomic E-state index is 13.8. The Morgan fingerprint density at radius 1 is 1.05 bits per heavy atom. The number of halogens is 2. The summed E-state index contributed by atoms with van der Waals surface area (Å²) in [7, 11) is 3.15. The number of ether oxygens (including phenoxy) is 2. The van der Waals surface area contributed by atoms with Crippen molar-refractivity contribution in [2.45, 2.75) is 19.4 Å². The van der Waals surface area contributed by atoms with Crippen molar-refractivity contribution in [3.05, 3.63) is 98.5 Å². The van der Waals surface area contributed by atoms with Crippen LogP contribution in [0.5, 0.6) is 5.75 Å². The molecule has 0 aliphatic carbocycles. The Morgan fingerprint density at radius 2 is 1.78 bits per heavy atom. The molecular weight excluding hydrogens is 513 g/mol. The van der Waals surface area contributed by atoms with Gasteiger partial charge < -0.3 is 14.4 Å². The molecule has 1 aromatic heterocycles. The number of hydrogen-bond acceptors (Lipinski definition) is 5. The fourth-order valence-electron chi connectivity index (χ4n) is 4.30. The van der Waals surface area contributed by atoms with Crippen molar-refractivity contribution < 1.29 is 14.3 Å². The highest BCUT2D eigenvalue weighted by molar-refractivity contribution is 6.36. The third kappa shape index (κ3) is 5.49. The molecule has 0 aliphatic heterocycles. The summed E-state index contributed by atoms with van der Waals surface area (Å²) in [5.41, 5.74) is 1.24. The van der Waals surface area contributed by atoms with Crippen LogP contribution < -0.4 is 10.3 Å². The van der Waals surface area contributed by atoms with E-state index in [0.717, 1.165) is 0 Å². The van der Waals surface area contributed by atoms with Crippen LogP contribution in [-0.4, -0.2) is 47.7 Å². The zero-order valence-corrected chi connectivity index (χ0v) is 22.3. The summed E-state index contributed by atoms with van der Waals surface area (Å²) in [5.74, 6) is 0.786. The van der Waals surface area contributed by atoms with Crippen LogP contribution in [0.25, 0.3) is 16.6 Å². The van der Waals surface area contributed by atoms with Gasteiger partial charge in [0.1, 0.15) is 11.6 Å². The van der Waals surface area contributed by atoms with Gasteiger partial charge in [-0.3, -0.25) is 14.2 Å². The molecule has 0 saturated heterocycles. The molecule has 0 bridgehead atoms. The standard InChI is InChI=1S/C28H27Cl2N3O4/c1-4-25(32(15-16-36-2)27(34)21-14-9-18(29)17-23(21)30)26-31-24-8-6-5-7-22(24)28(35)33(26)19-10-12-20(37-3)13-11-19/h5-14,17,25H,4,15-16H2,1-3H3. The third-order valence-electron chi connectivity index (χ3n) is 6.15. The van der Waals surface area contributed by atoms with Gasteiger partial charge in [0, 0.05) is 18.7 Å². The first-order valence-electron chi connectivity index (χ1n) is 11.8. The van der Waals surface area contributed by atoms with Crippen LogP contribution in [-0.2, 0) is 4.74 Å². The molecule has 4 rings (SSSR count). The van der Waals surface area contributed by atoms with Crippen molar-refractivity contribution in [2.24, 2.45) is 0 Å². The van der Waals surface area contributed by atoms with Crippen LogP contribution in [0.1, 0.15) is 35.6 Å². The Balaban J connectivity index is 1.93. The van der Waals surface area contributed by atoms with Crippen LogP contribution in [0.15, 0.2) is 71.5 Å². The lowest BCUT2D eigenvalue weighted by atomic mass is 10.1. The average Bonchev–Trinajstić information content (AvgIpc) is 2.91. The highest BCUT2D eigenvalue weighted by Crippen LogP contribution is 2.30. The zero-order chi connectivity index (χ0) is 26.5. The molecule has 3 aromatic carbocycles. The first-order chi connectivity index (χ1) is 17.9. The van der Waals surface area contributed by atoms with Crippen LogP contribution >= 0.6 is 23.2 Å². The summed E-state index contributed by atoms with van der Waals surface area (Å²) in [5, 5.41) is 1.16. The number of carbonyl (C=O) groups is 1. The zero-order valence-electron chi connectivity index (χ0n) is 20.8. The number of fused-ring (bicyclic) bond motifs is 1. The minimum Gasteiger partial charge on any atom is -0.497 e. The van der Waals surface area contributed by atoms with E-state index in [2.05, 4.69) is 0 Å². The lowest BCUT2D eigenvalue weighted by Gasteiger charge is -2.32. The average molecular weight is 540 g/mol. The lowest BCUT2D eigenvalue weighted by molar-refractivity contribution is 0.0579. The number of carbonyl (C=O) groups excluding carboxylic acids is 1. The smallest absolute Gasteiger partial charge is 0.266 e. The van der Waals surface area contributed by atoms with Crippen LogP contribution in [0.4, 0.5) is 0 Å². The van der Waals surface area contributed by atoms with Crippen molar-refractivity contribution >= 4 is 40.0 Å². The second kappa shape index (κ2) is 11.8. The fourth-order valence-corrected chi connectivity index (χ4v) is 4.79. The molecule has 1 unspecified atom stereocenters. The van der Waals surface area contributed by atoms with E-state index in [4.69, 9.17) is 37.7 Å². The Hall–Kier alpha value is -3.39. The van der Waals surface area contributed by atoms with Crippen molar-refractivity contribution in [1.29, 1.82) is 0 Å². The Bertz CT molecular complexity index is 1470. The maximum absolute atomic E-state index is 13.8. The highest BCUT2D eigenvalue weighted by Gasteiger charge is 2.30. The fraction of sp³-hybridized carbons (Fsp3) is 0.250. The second-order valence-corrected chi connectivity index (χ2v) is 9.21. The molecule has 7 nitrogen and oxygen atoms in total. The molecule has 1 amide bonds. The number of aromatic nitrogens is 2. The molecule has 1 heterocycles. The second-order valence-electron chi connectivity index (χ2n) is 8.37. The summed E-state index contributed by atoms with van der Waals surface area (Å²) < 4.78 is 12.2. The topological polar surface area (TPSA) is 73.7 Å².